The van der Waals surface area contributed by atoms with Crippen molar-refractivity contribution in [3.8, 4) is 0 Å². The first kappa shape index (κ1) is 13.1. The zero-order chi connectivity index (χ0) is 13.9. The van der Waals surface area contributed by atoms with Crippen molar-refractivity contribution in [3.63, 3.8) is 0 Å². The summed E-state index contributed by atoms with van der Waals surface area (Å²) >= 11 is 0. The first-order valence-electron chi connectivity index (χ1n) is 7.05. The third kappa shape index (κ3) is 2.39. The molecule has 20 heavy (non-hydrogen) atoms. The smallest absolute Gasteiger partial charge is 0.150 e. The highest BCUT2D eigenvalue weighted by molar-refractivity contribution is 5.48. The number of anilines is 1. The fourth-order valence-electron chi connectivity index (χ4n) is 2.94. The molecule has 1 aliphatic rings. The molecular weight excluding hydrogens is 248 g/mol. The molecule has 3 rings (SSSR count). The van der Waals surface area contributed by atoms with Crippen LogP contribution >= 0.6 is 0 Å². The lowest BCUT2D eigenvalue weighted by Gasteiger charge is -2.38. The van der Waals surface area contributed by atoms with Crippen LogP contribution in [0, 0.1) is 6.92 Å². The van der Waals surface area contributed by atoms with E-state index in [1.165, 1.54) is 11.1 Å². The molecule has 0 saturated heterocycles. The number of likely N-dealkylation sites (N-methyl/N-ethyl adjacent to an activating group) is 1. The number of nitrogens with zero attached hydrogens (tertiary/aromatic N) is 3. The lowest BCUT2D eigenvalue weighted by molar-refractivity contribution is 0.521. The van der Waals surface area contributed by atoms with Gasteiger partial charge in [0.1, 0.15) is 0 Å². The highest BCUT2D eigenvalue weighted by atomic mass is 15.2. The summed E-state index contributed by atoms with van der Waals surface area (Å²) in [5, 5.41) is 3.30. The molecule has 4 nitrogen and oxygen atoms in total. The summed E-state index contributed by atoms with van der Waals surface area (Å²) in [6.07, 6.45) is 4.58. The largest absolute Gasteiger partial charge is 0.346 e. The molecule has 1 aromatic carbocycles. The molecule has 1 atom stereocenters. The molecular formula is C16H20N4. The zero-order valence-corrected chi connectivity index (χ0v) is 12.0. The number of benzene rings is 1. The molecule has 2 aromatic rings. The van der Waals surface area contributed by atoms with Gasteiger partial charge in [0.15, 0.2) is 5.82 Å². The Kier molecular flexibility index (Phi) is 3.65. The second-order valence-corrected chi connectivity index (χ2v) is 5.28. The predicted molar refractivity (Wildman–Crippen MR) is 80.8 cm³/mol. The average molecular weight is 268 g/mol. The summed E-state index contributed by atoms with van der Waals surface area (Å²) in [5.41, 5.74) is 3.84. The van der Waals surface area contributed by atoms with Crippen LogP contribution in [0.15, 0.2) is 36.7 Å². The first-order valence-corrected chi connectivity index (χ1v) is 7.05. The first-order chi connectivity index (χ1) is 9.79. The van der Waals surface area contributed by atoms with Gasteiger partial charge in [-0.3, -0.25) is 4.98 Å². The molecule has 0 fully saturated rings. The normalized spacial score (nSPS) is 17.9. The fraction of sp³-hybridized carbons (Fsp3) is 0.375. The number of hydrogen-bond donors (Lipinski definition) is 1. The Balaban J connectivity index is 1.98. The van der Waals surface area contributed by atoms with Crippen molar-refractivity contribution in [2.45, 2.75) is 25.9 Å². The van der Waals surface area contributed by atoms with Gasteiger partial charge in [0, 0.05) is 31.5 Å². The van der Waals surface area contributed by atoms with Crippen LogP contribution in [0.3, 0.4) is 0 Å². The summed E-state index contributed by atoms with van der Waals surface area (Å²) in [4.78, 5) is 11.3. The van der Waals surface area contributed by atoms with Gasteiger partial charge in [0.2, 0.25) is 0 Å². The minimum absolute atomic E-state index is 0.422. The Morgan fingerprint density at radius 3 is 2.70 bits per heavy atom. The lowest BCUT2D eigenvalue weighted by Crippen LogP contribution is -2.46. The second-order valence-electron chi connectivity index (χ2n) is 5.28. The van der Waals surface area contributed by atoms with Gasteiger partial charge < -0.3 is 10.2 Å². The zero-order valence-electron chi connectivity index (χ0n) is 12.0. The minimum Gasteiger partial charge on any atom is -0.346 e. The van der Waals surface area contributed by atoms with E-state index in [4.69, 9.17) is 0 Å². The van der Waals surface area contributed by atoms with Crippen molar-refractivity contribution in [2.75, 3.05) is 18.5 Å². The average Bonchev–Trinajstić information content (AvgIpc) is 2.48. The van der Waals surface area contributed by atoms with Crippen molar-refractivity contribution in [2.24, 2.45) is 0 Å². The number of hydrogen-bond acceptors (Lipinski definition) is 4. The summed E-state index contributed by atoms with van der Waals surface area (Å²) in [6, 6.07) is 9.10. The molecule has 0 saturated carbocycles. The van der Waals surface area contributed by atoms with Crippen LogP contribution in [0.25, 0.3) is 0 Å². The lowest BCUT2D eigenvalue weighted by atomic mass is 9.94. The molecule has 0 aliphatic carbocycles. The molecule has 1 unspecified atom stereocenters. The molecule has 0 radical (unpaired) electrons. The van der Waals surface area contributed by atoms with Crippen molar-refractivity contribution < 1.29 is 0 Å². The Morgan fingerprint density at radius 1 is 1.20 bits per heavy atom. The van der Waals surface area contributed by atoms with Crippen LogP contribution in [-0.4, -0.2) is 29.6 Å². The van der Waals surface area contributed by atoms with Crippen LogP contribution in [0.2, 0.25) is 0 Å². The molecule has 1 aromatic heterocycles. The highest BCUT2D eigenvalue weighted by Crippen LogP contribution is 2.28. The van der Waals surface area contributed by atoms with E-state index in [1.807, 2.05) is 14.0 Å². The molecule has 104 valence electrons. The Morgan fingerprint density at radius 2 is 1.95 bits per heavy atom. The Hall–Kier alpha value is -1.94. The van der Waals surface area contributed by atoms with E-state index < -0.39 is 0 Å². The van der Waals surface area contributed by atoms with E-state index in [1.54, 1.807) is 12.4 Å². The van der Waals surface area contributed by atoms with E-state index in [9.17, 15) is 0 Å². The standard InChI is InChI=1S/C16H20N4/c1-12-16(19-8-7-18-12)20-11-14-6-4-3-5-13(14)9-15(20)10-17-2/h3-8,15,17H,9-11H2,1-2H3. The van der Waals surface area contributed by atoms with E-state index in [2.05, 4.69) is 44.5 Å². The minimum atomic E-state index is 0.422. The van der Waals surface area contributed by atoms with Crippen molar-refractivity contribution in [3.05, 3.63) is 53.5 Å². The Labute approximate surface area is 119 Å². The number of aryl methyl sites for hydroxylation is 1. The van der Waals surface area contributed by atoms with Crippen LogP contribution in [-0.2, 0) is 13.0 Å². The Bertz CT molecular complexity index is 597. The van der Waals surface area contributed by atoms with Gasteiger partial charge in [-0.1, -0.05) is 24.3 Å². The quantitative estimate of drug-likeness (QED) is 0.923. The second kappa shape index (κ2) is 5.59. The van der Waals surface area contributed by atoms with Gasteiger partial charge in [-0.2, -0.15) is 0 Å². The molecule has 1 aliphatic heterocycles. The topological polar surface area (TPSA) is 41.0 Å². The van der Waals surface area contributed by atoms with E-state index in [0.717, 1.165) is 31.0 Å². The maximum Gasteiger partial charge on any atom is 0.150 e. The van der Waals surface area contributed by atoms with Gasteiger partial charge in [-0.05, 0) is 31.5 Å². The predicted octanol–water partition coefficient (Wildman–Crippen LogP) is 1.94. The molecule has 0 bridgehead atoms. The van der Waals surface area contributed by atoms with Crippen LogP contribution in [0.4, 0.5) is 5.82 Å². The molecule has 0 amide bonds. The van der Waals surface area contributed by atoms with Crippen molar-refractivity contribution in [1.82, 2.24) is 15.3 Å². The fourth-order valence-corrected chi connectivity index (χ4v) is 2.94. The third-order valence-corrected chi connectivity index (χ3v) is 3.92. The summed E-state index contributed by atoms with van der Waals surface area (Å²) in [5.74, 6) is 1.00. The number of aromatic nitrogens is 2. The number of rotatable bonds is 3. The third-order valence-electron chi connectivity index (χ3n) is 3.92. The summed E-state index contributed by atoms with van der Waals surface area (Å²) < 4.78 is 0. The molecule has 0 spiro atoms. The van der Waals surface area contributed by atoms with Crippen LogP contribution in [0.1, 0.15) is 16.8 Å². The van der Waals surface area contributed by atoms with Gasteiger partial charge in [0.25, 0.3) is 0 Å². The highest BCUT2D eigenvalue weighted by Gasteiger charge is 2.27. The number of nitrogens with one attached hydrogen (secondary N) is 1. The number of fused-ring (bicyclic) bond motifs is 1. The van der Waals surface area contributed by atoms with Gasteiger partial charge in [0.05, 0.1) is 5.69 Å². The molecule has 4 heteroatoms. The van der Waals surface area contributed by atoms with Crippen molar-refractivity contribution >= 4 is 5.82 Å². The maximum absolute atomic E-state index is 4.54. The summed E-state index contributed by atoms with van der Waals surface area (Å²) in [6.45, 7) is 3.88. The van der Waals surface area contributed by atoms with Crippen LogP contribution in [0.5, 0.6) is 0 Å². The van der Waals surface area contributed by atoms with E-state index in [-0.39, 0.29) is 0 Å². The molecule has 1 N–H and O–H groups in total. The van der Waals surface area contributed by atoms with Gasteiger partial charge >= 0.3 is 0 Å². The van der Waals surface area contributed by atoms with E-state index >= 15 is 0 Å². The van der Waals surface area contributed by atoms with E-state index in [0.29, 0.717) is 6.04 Å². The van der Waals surface area contributed by atoms with Crippen molar-refractivity contribution in [1.29, 1.82) is 0 Å². The van der Waals surface area contributed by atoms with Gasteiger partial charge in [-0.15, -0.1) is 0 Å². The monoisotopic (exact) mass is 268 g/mol. The van der Waals surface area contributed by atoms with Crippen LogP contribution < -0.4 is 10.2 Å². The SMILES string of the molecule is CNCC1Cc2ccccc2CN1c1nccnc1C. The molecule has 2 heterocycles. The van der Waals surface area contributed by atoms with Gasteiger partial charge in [-0.25, -0.2) is 4.98 Å². The maximum atomic E-state index is 4.54. The summed E-state index contributed by atoms with van der Waals surface area (Å²) in [7, 11) is 2.00.